The Labute approximate surface area is 142 Å². The molecule has 0 aliphatic heterocycles. The maximum atomic E-state index is 12.6. The predicted octanol–water partition coefficient (Wildman–Crippen LogP) is 3.62. The van der Waals surface area contributed by atoms with Gasteiger partial charge in [0, 0.05) is 46.0 Å². The van der Waals surface area contributed by atoms with Gasteiger partial charge in [-0.3, -0.25) is 0 Å². The molecule has 1 aromatic heterocycles. The molecule has 1 atom stereocenters. The number of benzene rings is 1. The van der Waals surface area contributed by atoms with Crippen LogP contribution in [-0.2, 0) is 0 Å². The Hall–Kier alpha value is -1.55. The van der Waals surface area contributed by atoms with Crippen LogP contribution in [0.4, 0.5) is 5.69 Å². The minimum absolute atomic E-state index is 0.161. The van der Waals surface area contributed by atoms with Crippen molar-refractivity contribution in [1.82, 2.24) is 0 Å². The Balaban J connectivity index is 2.65. The Bertz CT molecular complexity index is 754. The number of hydrogen-bond acceptors (Lipinski definition) is 3. The first kappa shape index (κ1) is 17.8. The molecule has 0 saturated heterocycles. The van der Waals surface area contributed by atoms with Gasteiger partial charge in [-0.25, -0.2) is 4.79 Å². The molecule has 2 aromatic rings. The summed E-state index contributed by atoms with van der Waals surface area (Å²) in [5.41, 5.74) is 3.53. The molecule has 0 spiro atoms. The van der Waals surface area contributed by atoms with Crippen LogP contribution in [0, 0.1) is 6.92 Å². The number of nitrogens with zero attached hydrogens (tertiary/aromatic N) is 1. The second-order valence-electron chi connectivity index (χ2n) is 7.37. The molecule has 2 rings (SSSR count). The van der Waals surface area contributed by atoms with Crippen molar-refractivity contribution >= 4 is 26.9 Å². The fourth-order valence-corrected chi connectivity index (χ4v) is 3.37. The Morgan fingerprint density at radius 2 is 1.87 bits per heavy atom. The fourth-order valence-electron chi connectivity index (χ4n) is 3.08. The fraction of sp³-hybridized carbons (Fsp3) is 0.526. The third-order valence-corrected chi connectivity index (χ3v) is 5.92. The van der Waals surface area contributed by atoms with Crippen LogP contribution in [0.5, 0.6) is 0 Å². The Morgan fingerprint density at radius 3 is 2.39 bits per heavy atom. The second kappa shape index (κ2) is 6.52. The molecule has 0 aliphatic carbocycles. The first-order valence-electron chi connectivity index (χ1n) is 8.53. The third kappa shape index (κ3) is 3.37. The van der Waals surface area contributed by atoms with E-state index in [9.17, 15) is 4.79 Å². The van der Waals surface area contributed by atoms with Crippen LogP contribution >= 0.6 is 0 Å². The van der Waals surface area contributed by atoms with Crippen molar-refractivity contribution in [3.05, 3.63) is 39.7 Å². The lowest BCUT2D eigenvalue weighted by atomic mass is 9.86. The smallest absolute Gasteiger partial charge is 0.340 e. The van der Waals surface area contributed by atoms with Gasteiger partial charge in [-0.05, 0) is 49.4 Å². The highest BCUT2D eigenvalue weighted by atomic mass is 28.1. The molecule has 3 nitrogen and oxygen atoms in total. The maximum absolute atomic E-state index is 12.6. The number of rotatable bonds is 5. The second-order valence-corrected chi connectivity index (χ2v) is 9.95. The van der Waals surface area contributed by atoms with Crippen molar-refractivity contribution in [2.24, 2.45) is 0 Å². The summed E-state index contributed by atoms with van der Waals surface area (Å²) in [7, 11) is 1.03. The van der Waals surface area contributed by atoms with Crippen LogP contribution in [0.25, 0.3) is 11.0 Å². The van der Waals surface area contributed by atoms with Crippen LogP contribution in [0.15, 0.2) is 27.4 Å². The largest absolute Gasteiger partial charge is 0.422 e. The maximum Gasteiger partial charge on any atom is 0.340 e. The van der Waals surface area contributed by atoms with E-state index in [4.69, 9.17) is 4.42 Å². The summed E-state index contributed by atoms with van der Waals surface area (Å²) >= 11 is 0. The molecule has 23 heavy (non-hydrogen) atoms. The van der Waals surface area contributed by atoms with E-state index >= 15 is 0 Å². The highest BCUT2D eigenvalue weighted by Gasteiger charge is 2.27. The first-order valence-corrected chi connectivity index (χ1v) is 9.53. The van der Waals surface area contributed by atoms with Gasteiger partial charge in [0.05, 0.1) is 0 Å². The van der Waals surface area contributed by atoms with Gasteiger partial charge in [0.1, 0.15) is 5.58 Å². The van der Waals surface area contributed by atoms with Gasteiger partial charge < -0.3 is 9.32 Å². The van der Waals surface area contributed by atoms with Crippen molar-refractivity contribution in [2.75, 3.05) is 18.0 Å². The highest BCUT2D eigenvalue weighted by Crippen LogP contribution is 2.39. The van der Waals surface area contributed by atoms with E-state index in [0.29, 0.717) is 5.58 Å². The summed E-state index contributed by atoms with van der Waals surface area (Å²) in [6, 6.07) is 6.22. The molecule has 0 aliphatic rings. The summed E-state index contributed by atoms with van der Waals surface area (Å²) in [6.45, 7) is 14.8. The number of hydrogen-bond donors (Lipinski definition) is 0. The molecule has 1 heterocycles. The molecule has 4 heteroatoms. The zero-order valence-corrected chi connectivity index (χ0v) is 17.5. The topological polar surface area (TPSA) is 33.5 Å². The summed E-state index contributed by atoms with van der Waals surface area (Å²) < 4.78 is 5.70. The van der Waals surface area contributed by atoms with Crippen LogP contribution in [0.3, 0.4) is 0 Å². The lowest BCUT2D eigenvalue weighted by molar-refractivity contribution is 0.500. The van der Waals surface area contributed by atoms with E-state index in [0.717, 1.165) is 45.5 Å². The highest BCUT2D eigenvalue weighted by molar-refractivity contribution is 6.15. The van der Waals surface area contributed by atoms with Gasteiger partial charge in [0.2, 0.25) is 0 Å². The summed E-state index contributed by atoms with van der Waals surface area (Å²) in [6.07, 6.45) is 0. The van der Waals surface area contributed by atoms with E-state index in [-0.39, 0.29) is 16.6 Å². The SMILES string of the molecule is CCN(CC)c1ccc2c(C)c(C(C)C(C)(C)[SiH3])c(=O)oc2c1. The summed E-state index contributed by atoms with van der Waals surface area (Å²) in [5, 5.41) is 1.21. The number of aryl methyl sites for hydroxylation is 1. The van der Waals surface area contributed by atoms with Gasteiger partial charge in [0.25, 0.3) is 0 Å². The van der Waals surface area contributed by atoms with Crippen LogP contribution in [0.1, 0.15) is 51.7 Å². The molecule has 126 valence electrons. The average molecular weight is 332 g/mol. The van der Waals surface area contributed by atoms with E-state index in [1.54, 1.807) is 0 Å². The molecular weight excluding hydrogens is 302 g/mol. The van der Waals surface area contributed by atoms with Crippen molar-refractivity contribution < 1.29 is 4.42 Å². The Kier molecular flexibility index (Phi) is 5.04. The van der Waals surface area contributed by atoms with Gasteiger partial charge in [-0.1, -0.05) is 20.8 Å². The van der Waals surface area contributed by atoms with E-state index in [1.165, 1.54) is 0 Å². The Morgan fingerprint density at radius 1 is 1.26 bits per heavy atom. The molecular formula is C19H29NO2Si. The monoisotopic (exact) mass is 331 g/mol. The number of fused-ring (bicyclic) bond motifs is 1. The van der Waals surface area contributed by atoms with Gasteiger partial charge in [-0.15, -0.1) is 0 Å². The molecule has 0 saturated carbocycles. The van der Waals surface area contributed by atoms with Crippen molar-refractivity contribution in [3.63, 3.8) is 0 Å². The minimum atomic E-state index is -0.178. The van der Waals surface area contributed by atoms with Crippen molar-refractivity contribution in [1.29, 1.82) is 0 Å². The van der Waals surface area contributed by atoms with Gasteiger partial charge in [0.15, 0.2) is 0 Å². The van der Waals surface area contributed by atoms with Crippen LogP contribution in [0.2, 0.25) is 5.04 Å². The van der Waals surface area contributed by atoms with Gasteiger partial charge in [-0.2, -0.15) is 0 Å². The lowest BCUT2D eigenvalue weighted by Crippen LogP contribution is -2.22. The standard InChI is InChI=1S/C19H29NO2Si/c1-7-20(8-2)14-9-10-15-12(3)17(13(4)19(5,6)23)18(21)22-16(15)11-14/h9-11,13H,7-8H2,1-6,23H3. The molecule has 1 aromatic carbocycles. The van der Waals surface area contributed by atoms with E-state index < -0.39 is 0 Å². The number of anilines is 1. The van der Waals surface area contributed by atoms with Crippen molar-refractivity contribution in [3.8, 4) is 0 Å². The predicted molar refractivity (Wildman–Crippen MR) is 103 cm³/mol. The minimum Gasteiger partial charge on any atom is -0.422 e. The molecule has 1 unspecified atom stereocenters. The molecule has 0 bridgehead atoms. The van der Waals surface area contributed by atoms with Crippen molar-refractivity contribution in [2.45, 2.75) is 52.5 Å². The molecule has 0 N–H and O–H groups in total. The molecule has 0 radical (unpaired) electrons. The molecule has 0 amide bonds. The van der Waals surface area contributed by atoms with E-state index in [2.05, 4.69) is 58.6 Å². The third-order valence-electron chi connectivity index (χ3n) is 5.06. The molecule has 0 fully saturated rings. The van der Waals surface area contributed by atoms with Crippen LogP contribution < -0.4 is 10.5 Å². The normalized spacial score (nSPS) is 13.5. The summed E-state index contributed by atoms with van der Waals surface area (Å²) in [5.74, 6) is 0.206. The average Bonchev–Trinajstić information content (AvgIpc) is 2.47. The first-order chi connectivity index (χ1) is 10.7. The van der Waals surface area contributed by atoms with E-state index in [1.807, 2.05) is 6.07 Å². The summed E-state index contributed by atoms with van der Waals surface area (Å²) in [4.78, 5) is 14.9. The quantitative estimate of drug-likeness (QED) is 0.620. The van der Waals surface area contributed by atoms with Gasteiger partial charge >= 0.3 is 5.63 Å². The zero-order valence-electron chi connectivity index (χ0n) is 15.5. The zero-order chi connectivity index (χ0) is 17.4. The van der Waals surface area contributed by atoms with Crippen LogP contribution in [-0.4, -0.2) is 23.3 Å². The lowest BCUT2D eigenvalue weighted by Gasteiger charge is -2.28.